The Balaban J connectivity index is 2.62. The standard InChI is InChI=1S/C9H7ClN2O2S2/c10-7-3-6(9-12-1-2-15-9)4-8(5-7)16(11,13)14/h1-5H,(H2,11,13,14). The van der Waals surface area contributed by atoms with E-state index in [1.54, 1.807) is 17.6 Å². The summed E-state index contributed by atoms with van der Waals surface area (Å²) in [6, 6.07) is 4.42. The van der Waals surface area contributed by atoms with E-state index in [0.29, 0.717) is 15.6 Å². The number of rotatable bonds is 2. The van der Waals surface area contributed by atoms with Crippen molar-refractivity contribution in [1.29, 1.82) is 0 Å². The van der Waals surface area contributed by atoms with Crippen LogP contribution in [0.25, 0.3) is 10.6 Å². The van der Waals surface area contributed by atoms with Crippen molar-refractivity contribution in [2.45, 2.75) is 4.90 Å². The van der Waals surface area contributed by atoms with Gasteiger partial charge in [-0.25, -0.2) is 18.5 Å². The Morgan fingerprint density at radius 3 is 2.62 bits per heavy atom. The molecule has 0 radical (unpaired) electrons. The Kier molecular flexibility index (Phi) is 2.98. The fourth-order valence-electron chi connectivity index (χ4n) is 1.22. The van der Waals surface area contributed by atoms with Gasteiger partial charge in [0.15, 0.2) is 0 Å². The van der Waals surface area contributed by atoms with Crippen LogP contribution in [-0.4, -0.2) is 13.4 Å². The van der Waals surface area contributed by atoms with Crippen molar-refractivity contribution in [3.63, 3.8) is 0 Å². The van der Waals surface area contributed by atoms with Gasteiger partial charge in [-0.2, -0.15) is 0 Å². The number of thiazole rings is 1. The lowest BCUT2D eigenvalue weighted by atomic mass is 10.2. The molecule has 0 bridgehead atoms. The van der Waals surface area contributed by atoms with E-state index in [1.807, 2.05) is 0 Å². The molecule has 0 saturated carbocycles. The summed E-state index contributed by atoms with van der Waals surface area (Å²) in [4.78, 5) is 4.07. The molecule has 1 heterocycles. The van der Waals surface area contributed by atoms with Crippen molar-refractivity contribution in [3.8, 4) is 10.6 Å². The van der Waals surface area contributed by atoms with Crippen LogP contribution in [0.3, 0.4) is 0 Å². The minimum Gasteiger partial charge on any atom is -0.245 e. The lowest BCUT2D eigenvalue weighted by molar-refractivity contribution is 0.598. The van der Waals surface area contributed by atoms with Gasteiger partial charge in [-0.3, -0.25) is 0 Å². The summed E-state index contributed by atoms with van der Waals surface area (Å²) < 4.78 is 22.4. The molecule has 0 unspecified atom stereocenters. The van der Waals surface area contributed by atoms with E-state index in [2.05, 4.69) is 4.98 Å². The van der Waals surface area contributed by atoms with Gasteiger partial charge in [0.05, 0.1) is 4.90 Å². The van der Waals surface area contributed by atoms with Crippen LogP contribution < -0.4 is 5.14 Å². The quantitative estimate of drug-likeness (QED) is 0.911. The molecule has 0 saturated heterocycles. The number of halogens is 1. The van der Waals surface area contributed by atoms with E-state index in [1.165, 1.54) is 23.5 Å². The number of hydrogen-bond donors (Lipinski definition) is 1. The second-order valence-electron chi connectivity index (χ2n) is 3.06. The first-order valence-corrected chi connectivity index (χ1v) is 7.00. The molecule has 0 amide bonds. The maximum absolute atomic E-state index is 11.2. The summed E-state index contributed by atoms with van der Waals surface area (Å²) in [5.41, 5.74) is 0.645. The lowest BCUT2D eigenvalue weighted by Gasteiger charge is -2.02. The van der Waals surface area contributed by atoms with E-state index >= 15 is 0 Å². The Morgan fingerprint density at radius 1 is 1.31 bits per heavy atom. The maximum atomic E-state index is 11.2. The highest BCUT2D eigenvalue weighted by Gasteiger charge is 2.12. The zero-order chi connectivity index (χ0) is 11.8. The van der Waals surface area contributed by atoms with E-state index in [0.717, 1.165) is 0 Å². The van der Waals surface area contributed by atoms with Crippen molar-refractivity contribution < 1.29 is 8.42 Å². The molecule has 0 aliphatic heterocycles. The molecule has 0 fully saturated rings. The van der Waals surface area contributed by atoms with E-state index in [4.69, 9.17) is 16.7 Å². The highest BCUT2D eigenvalue weighted by Crippen LogP contribution is 2.27. The Morgan fingerprint density at radius 2 is 2.06 bits per heavy atom. The van der Waals surface area contributed by atoms with Crippen molar-refractivity contribution in [3.05, 3.63) is 34.8 Å². The average molecular weight is 275 g/mol. The Labute approximate surface area is 102 Å². The monoisotopic (exact) mass is 274 g/mol. The number of sulfonamides is 1. The minimum absolute atomic E-state index is 0.00907. The van der Waals surface area contributed by atoms with Crippen LogP contribution in [-0.2, 0) is 10.0 Å². The number of nitrogens with two attached hydrogens (primary N) is 1. The van der Waals surface area contributed by atoms with Crippen LogP contribution in [0.1, 0.15) is 0 Å². The van der Waals surface area contributed by atoms with Crippen LogP contribution in [0.2, 0.25) is 5.02 Å². The van der Waals surface area contributed by atoms with E-state index in [9.17, 15) is 8.42 Å². The molecule has 4 nitrogen and oxygen atoms in total. The SMILES string of the molecule is NS(=O)(=O)c1cc(Cl)cc(-c2nccs2)c1. The molecule has 1 aromatic heterocycles. The molecule has 2 aromatic rings. The van der Waals surface area contributed by atoms with Gasteiger partial charge in [0, 0.05) is 22.2 Å². The van der Waals surface area contributed by atoms with Gasteiger partial charge in [0.25, 0.3) is 0 Å². The van der Waals surface area contributed by atoms with Crippen LogP contribution in [0.15, 0.2) is 34.7 Å². The fourth-order valence-corrected chi connectivity index (χ4v) is 2.72. The van der Waals surface area contributed by atoms with Crippen molar-refractivity contribution in [1.82, 2.24) is 4.98 Å². The largest absolute Gasteiger partial charge is 0.245 e. The first kappa shape index (κ1) is 11.5. The first-order valence-electron chi connectivity index (χ1n) is 4.20. The van der Waals surface area contributed by atoms with E-state index < -0.39 is 10.0 Å². The van der Waals surface area contributed by atoms with Crippen LogP contribution >= 0.6 is 22.9 Å². The van der Waals surface area contributed by atoms with Crippen LogP contribution in [0.4, 0.5) is 0 Å². The zero-order valence-electron chi connectivity index (χ0n) is 7.92. The molecular formula is C9H7ClN2O2S2. The van der Waals surface area contributed by atoms with Gasteiger partial charge in [-0.15, -0.1) is 11.3 Å². The number of benzene rings is 1. The Hall–Kier alpha value is -0.950. The summed E-state index contributed by atoms with van der Waals surface area (Å²) in [6.45, 7) is 0. The summed E-state index contributed by atoms with van der Waals surface area (Å²) in [5, 5.41) is 7.86. The molecule has 16 heavy (non-hydrogen) atoms. The number of hydrogen-bond acceptors (Lipinski definition) is 4. The third-order valence-corrected chi connectivity index (χ3v) is 3.81. The number of aromatic nitrogens is 1. The highest BCUT2D eigenvalue weighted by molar-refractivity contribution is 7.89. The van der Waals surface area contributed by atoms with Crippen molar-refractivity contribution >= 4 is 33.0 Å². The number of nitrogens with zero attached hydrogens (tertiary/aromatic N) is 1. The van der Waals surface area contributed by atoms with Gasteiger partial charge in [0.1, 0.15) is 5.01 Å². The summed E-state index contributed by atoms with van der Waals surface area (Å²) in [7, 11) is -3.75. The van der Waals surface area contributed by atoms with Gasteiger partial charge < -0.3 is 0 Å². The molecule has 84 valence electrons. The molecular weight excluding hydrogens is 268 g/mol. The normalized spacial score (nSPS) is 11.6. The molecule has 0 atom stereocenters. The molecule has 0 spiro atoms. The second-order valence-corrected chi connectivity index (χ2v) is 5.95. The van der Waals surface area contributed by atoms with E-state index in [-0.39, 0.29) is 4.90 Å². The maximum Gasteiger partial charge on any atom is 0.238 e. The topological polar surface area (TPSA) is 73.1 Å². The van der Waals surface area contributed by atoms with Crippen molar-refractivity contribution in [2.75, 3.05) is 0 Å². The third kappa shape index (κ3) is 2.41. The summed E-state index contributed by atoms with van der Waals surface area (Å²) in [5.74, 6) is 0. The molecule has 0 aliphatic rings. The highest BCUT2D eigenvalue weighted by atomic mass is 35.5. The third-order valence-electron chi connectivity index (χ3n) is 1.88. The van der Waals surface area contributed by atoms with Gasteiger partial charge in [-0.1, -0.05) is 11.6 Å². The van der Waals surface area contributed by atoms with Crippen LogP contribution in [0, 0.1) is 0 Å². The molecule has 7 heteroatoms. The number of primary sulfonamides is 1. The smallest absolute Gasteiger partial charge is 0.238 e. The van der Waals surface area contributed by atoms with Gasteiger partial charge in [-0.05, 0) is 18.2 Å². The first-order chi connectivity index (χ1) is 7.47. The fraction of sp³-hybridized carbons (Fsp3) is 0. The average Bonchev–Trinajstić information content (AvgIpc) is 2.68. The molecule has 0 aliphatic carbocycles. The summed E-state index contributed by atoms with van der Waals surface area (Å²) >= 11 is 7.23. The summed E-state index contributed by atoms with van der Waals surface area (Å²) in [6.07, 6.45) is 1.64. The molecule has 2 rings (SSSR count). The van der Waals surface area contributed by atoms with Gasteiger partial charge >= 0.3 is 0 Å². The predicted molar refractivity (Wildman–Crippen MR) is 63.9 cm³/mol. The van der Waals surface area contributed by atoms with Gasteiger partial charge in [0.2, 0.25) is 10.0 Å². The predicted octanol–water partition coefficient (Wildman–Crippen LogP) is 2.11. The lowest BCUT2D eigenvalue weighted by Crippen LogP contribution is -2.12. The molecule has 1 aromatic carbocycles. The minimum atomic E-state index is -3.75. The Bertz CT molecular complexity index is 608. The second kappa shape index (κ2) is 4.14. The van der Waals surface area contributed by atoms with Crippen molar-refractivity contribution in [2.24, 2.45) is 5.14 Å². The van der Waals surface area contributed by atoms with Crippen LogP contribution in [0.5, 0.6) is 0 Å². The molecule has 2 N–H and O–H groups in total. The zero-order valence-corrected chi connectivity index (χ0v) is 10.3.